The van der Waals surface area contributed by atoms with E-state index >= 15 is 0 Å². The van der Waals surface area contributed by atoms with Gasteiger partial charge in [0.2, 0.25) is 5.95 Å². The Morgan fingerprint density at radius 2 is 1.97 bits per heavy atom. The Kier molecular flexibility index (Phi) is 5.83. The minimum absolute atomic E-state index is 0.165. The summed E-state index contributed by atoms with van der Waals surface area (Å²) in [7, 11) is 0. The van der Waals surface area contributed by atoms with Gasteiger partial charge in [-0.2, -0.15) is 18.2 Å². The summed E-state index contributed by atoms with van der Waals surface area (Å²) in [6.07, 6.45) is 1.38. The molecule has 168 valence electrons. The van der Waals surface area contributed by atoms with E-state index in [-0.39, 0.29) is 6.04 Å². The number of aromatic nitrogens is 2. The van der Waals surface area contributed by atoms with Gasteiger partial charge in [-0.05, 0) is 50.5 Å². The van der Waals surface area contributed by atoms with Crippen LogP contribution in [-0.4, -0.2) is 34.9 Å². The number of anilines is 4. The molecule has 0 saturated heterocycles. The summed E-state index contributed by atoms with van der Waals surface area (Å²) in [6, 6.07) is 4.13. The Morgan fingerprint density at radius 3 is 2.65 bits per heavy atom. The number of benzene rings is 1. The van der Waals surface area contributed by atoms with Gasteiger partial charge in [-0.15, -0.1) is 0 Å². The highest BCUT2D eigenvalue weighted by Crippen LogP contribution is 2.36. The number of aryl methyl sites for hydroxylation is 1. The first-order valence-corrected chi connectivity index (χ1v) is 10.6. The zero-order valence-corrected chi connectivity index (χ0v) is 17.6. The van der Waals surface area contributed by atoms with Gasteiger partial charge in [-0.25, -0.2) is 4.98 Å². The molecule has 1 aliphatic carbocycles. The first-order valence-electron chi connectivity index (χ1n) is 10.6. The van der Waals surface area contributed by atoms with Gasteiger partial charge in [0.05, 0.1) is 17.4 Å². The van der Waals surface area contributed by atoms with Crippen molar-refractivity contribution in [2.45, 2.75) is 64.1 Å². The molecule has 2 aliphatic rings. The maximum absolute atomic E-state index is 13.2. The monoisotopic (exact) mass is 435 g/mol. The smallest absolute Gasteiger partial charge is 0.351 e. The minimum Gasteiger partial charge on any atom is -0.351 e. The van der Waals surface area contributed by atoms with Gasteiger partial charge in [-0.1, -0.05) is 12.8 Å². The lowest BCUT2D eigenvalue weighted by Gasteiger charge is -2.29. The molecule has 1 aromatic carbocycles. The molecule has 2 aromatic rings. The topological polar surface area (TPSA) is 91.1 Å². The predicted octanol–water partition coefficient (Wildman–Crippen LogP) is 4.13. The fraction of sp³-hybridized carbons (Fsp3) is 0.524. The van der Waals surface area contributed by atoms with Gasteiger partial charge in [0, 0.05) is 24.3 Å². The van der Waals surface area contributed by atoms with Crippen LogP contribution < -0.4 is 26.6 Å². The summed E-state index contributed by atoms with van der Waals surface area (Å²) in [6.45, 7) is 3.99. The van der Waals surface area contributed by atoms with Crippen molar-refractivity contribution in [1.29, 1.82) is 0 Å². The summed E-state index contributed by atoms with van der Waals surface area (Å²) < 4.78 is 39.7. The Bertz CT molecular complexity index is 926. The van der Waals surface area contributed by atoms with E-state index in [1.54, 1.807) is 19.2 Å². The van der Waals surface area contributed by atoms with Crippen LogP contribution in [0.2, 0.25) is 0 Å². The van der Waals surface area contributed by atoms with Crippen LogP contribution in [0.4, 0.5) is 36.3 Å². The van der Waals surface area contributed by atoms with E-state index in [0.29, 0.717) is 41.3 Å². The van der Waals surface area contributed by atoms with Crippen LogP contribution in [0.25, 0.3) is 0 Å². The fourth-order valence-electron chi connectivity index (χ4n) is 4.17. The van der Waals surface area contributed by atoms with Gasteiger partial charge in [0.25, 0.3) is 0 Å². The van der Waals surface area contributed by atoms with Crippen LogP contribution in [-0.2, 0) is 6.18 Å². The number of fused-ring (bicyclic) bond motifs is 1. The van der Waals surface area contributed by atoms with Crippen LogP contribution in [0.1, 0.15) is 43.7 Å². The van der Waals surface area contributed by atoms with Gasteiger partial charge in [-0.3, -0.25) is 0 Å². The number of nitrogens with one attached hydrogen (secondary N) is 3. The Hall–Kier alpha value is -2.75. The molecule has 1 fully saturated rings. The number of hydrogen-bond donors (Lipinski definition) is 4. The van der Waals surface area contributed by atoms with E-state index in [9.17, 15) is 13.2 Å². The molecule has 31 heavy (non-hydrogen) atoms. The average molecular weight is 435 g/mol. The van der Waals surface area contributed by atoms with Crippen LogP contribution in [0.15, 0.2) is 24.4 Å². The second kappa shape index (κ2) is 8.41. The molecule has 2 atom stereocenters. The van der Waals surface area contributed by atoms with Crippen molar-refractivity contribution < 1.29 is 13.2 Å². The number of nitrogens with zero attached hydrogens (tertiary/aromatic N) is 3. The molecule has 0 spiro atoms. The molecular formula is C21H28F3N7. The molecule has 5 N–H and O–H groups in total. The van der Waals surface area contributed by atoms with E-state index in [0.717, 1.165) is 25.0 Å². The normalized spacial score (nSPS) is 19.8. The van der Waals surface area contributed by atoms with E-state index in [2.05, 4.69) is 25.9 Å². The molecule has 1 aliphatic heterocycles. The van der Waals surface area contributed by atoms with Crippen molar-refractivity contribution in [3.8, 4) is 0 Å². The summed E-state index contributed by atoms with van der Waals surface area (Å²) in [5.41, 5.74) is 6.96. The Balaban J connectivity index is 1.58. The fourth-order valence-corrected chi connectivity index (χ4v) is 4.17. The van der Waals surface area contributed by atoms with Gasteiger partial charge in [0.1, 0.15) is 0 Å². The SMILES string of the molecule is Cc1cc(NC2Nc3cnc(NC4CCCC4)nc3N2CC(C)N)cc(C(F)(F)F)c1. The standard InChI is InChI=1S/C21H28F3N7/c1-12-7-14(21(22,23)24)9-16(8-12)28-20-29-17-10-26-19(27-15-5-3-4-6-15)30-18(17)31(20)11-13(2)25/h7-10,13,15,20,28-29H,3-6,11,25H2,1-2H3,(H,26,27,30). The van der Waals surface area contributed by atoms with Crippen LogP contribution in [0.3, 0.4) is 0 Å². The lowest BCUT2D eigenvalue weighted by molar-refractivity contribution is -0.137. The molecule has 1 aromatic heterocycles. The van der Waals surface area contributed by atoms with Crippen molar-refractivity contribution in [3.63, 3.8) is 0 Å². The Labute approximate surface area is 179 Å². The summed E-state index contributed by atoms with van der Waals surface area (Å²) in [4.78, 5) is 11.0. The van der Waals surface area contributed by atoms with Crippen molar-refractivity contribution in [2.24, 2.45) is 5.73 Å². The van der Waals surface area contributed by atoms with Gasteiger partial charge in [0.15, 0.2) is 12.1 Å². The molecule has 4 rings (SSSR count). The minimum atomic E-state index is -4.41. The maximum Gasteiger partial charge on any atom is 0.416 e. The third-order valence-electron chi connectivity index (χ3n) is 5.53. The van der Waals surface area contributed by atoms with Gasteiger partial charge >= 0.3 is 6.18 Å². The predicted molar refractivity (Wildman–Crippen MR) is 116 cm³/mol. The van der Waals surface area contributed by atoms with E-state index in [1.807, 2.05) is 11.8 Å². The van der Waals surface area contributed by atoms with Crippen LogP contribution in [0, 0.1) is 6.92 Å². The summed E-state index contributed by atoms with van der Waals surface area (Å²) in [5.74, 6) is 1.23. The number of nitrogens with two attached hydrogens (primary N) is 1. The lowest BCUT2D eigenvalue weighted by atomic mass is 10.1. The average Bonchev–Trinajstić information content (AvgIpc) is 3.29. The molecule has 2 unspecified atom stereocenters. The quantitative estimate of drug-likeness (QED) is 0.542. The largest absolute Gasteiger partial charge is 0.416 e. The van der Waals surface area contributed by atoms with Crippen molar-refractivity contribution >= 4 is 23.1 Å². The molecule has 1 saturated carbocycles. The molecule has 10 heteroatoms. The zero-order valence-electron chi connectivity index (χ0n) is 17.6. The lowest BCUT2D eigenvalue weighted by Crippen LogP contribution is -2.47. The Morgan fingerprint density at radius 1 is 1.23 bits per heavy atom. The van der Waals surface area contributed by atoms with Crippen LogP contribution in [0.5, 0.6) is 0 Å². The van der Waals surface area contributed by atoms with Crippen molar-refractivity contribution in [2.75, 3.05) is 27.4 Å². The van der Waals surface area contributed by atoms with E-state index in [1.165, 1.54) is 12.8 Å². The molecule has 0 bridgehead atoms. The second-order valence-electron chi connectivity index (χ2n) is 8.46. The molecule has 2 heterocycles. The third kappa shape index (κ3) is 4.95. The number of hydrogen-bond acceptors (Lipinski definition) is 7. The summed E-state index contributed by atoms with van der Waals surface area (Å²) in [5, 5.41) is 9.81. The van der Waals surface area contributed by atoms with Crippen molar-refractivity contribution in [1.82, 2.24) is 9.97 Å². The number of rotatable bonds is 6. The highest BCUT2D eigenvalue weighted by atomic mass is 19.4. The second-order valence-corrected chi connectivity index (χ2v) is 8.46. The zero-order chi connectivity index (χ0) is 22.2. The highest BCUT2D eigenvalue weighted by Gasteiger charge is 2.34. The summed E-state index contributed by atoms with van der Waals surface area (Å²) >= 11 is 0. The molecule has 0 amide bonds. The number of alkyl halides is 3. The van der Waals surface area contributed by atoms with Crippen molar-refractivity contribution in [3.05, 3.63) is 35.5 Å². The first kappa shape index (κ1) is 21.5. The van der Waals surface area contributed by atoms with Gasteiger partial charge < -0.3 is 26.6 Å². The van der Waals surface area contributed by atoms with E-state index < -0.39 is 18.0 Å². The third-order valence-corrected chi connectivity index (χ3v) is 5.53. The molecular weight excluding hydrogens is 407 g/mol. The maximum atomic E-state index is 13.2. The molecule has 0 radical (unpaired) electrons. The first-order chi connectivity index (χ1) is 14.7. The van der Waals surface area contributed by atoms with Crippen LogP contribution >= 0.6 is 0 Å². The molecule has 7 nitrogen and oxygen atoms in total. The van der Waals surface area contributed by atoms with E-state index in [4.69, 9.17) is 5.73 Å². The number of halogens is 3. The highest BCUT2D eigenvalue weighted by molar-refractivity contribution is 5.74.